The van der Waals surface area contributed by atoms with Crippen LogP contribution in [0.5, 0.6) is 5.75 Å². The molecule has 192 valence electrons. The number of hydrogen-bond donors (Lipinski definition) is 2. The van der Waals surface area contributed by atoms with Crippen LogP contribution in [-0.2, 0) is 11.2 Å². The van der Waals surface area contributed by atoms with Crippen LogP contribution in [0.25, 0.3) is 10.9 Å². The van der Waals surface area contributed by atoms with Crippen molar-refractivity contribution in [2.75, 3.05) is 30.9 Å². The fourth-order valence-electron chi connectivity index (χ4n) is 4.52. The second-order valence-electron chi connectivity index (χ2n) is 9.32. The van der Waals surface area contributed by atoms with Gasteiger partial charge in [-0.15, -0.1) is 13.2 Å². The molecule has 3 aromatic rings. The van der Waals surface area contributed by atoms with E-state index in [0.29, 0.717) is 24.0 Å². The molecule has 0 bridgehead atoms. The third kappa shape index (κ3) is 6.99. The number of benzene rings is 2. The predicted octanol–water partition coefficient (Wildman–Crippen LogP) is 4.92. The van der Waals surface area contributed by atoms with Crippen molar-refractivity contribution in [3.05, 3.63) is 54.1 Å². The lowest BCUT2D eigenvalue weighted by atomic mass is 9.86. The number of nitrogens with one attached hydrogen (secondary N) is 2. The first-order chi connectivity index (χ1) is 17.2. The first kappa shape index (κ1) is 25.5. The number of para-hydroxylation sites is 1. The molecule has 0 spiro atoms. The molecule has 0 atom stereocenters. The number of rotatable bonds is 8. The fraction of sp³-hybridized carbons (Fsp3) is 0.423. The van der Waals surface area contributed by atoms with E-state index in [1.54, 1.807) is 6.07 Å². The maximum Gasteiger partial charge on any atom is 0.573 e. The van der Waals surface area contributed by atoms with Crippen LogP contribution in [-0.4, -0.2) is 48.9 Å². The molecule has 1 fully saturated rings. The Kier molecular flexibility index (Phi) is 7.81. The number of fused-ring (bicyclic) bond motifs is 1. The molecule has 1 aliphatic carbocycles. The van der Waals surface area contributed by atoms with Crippen molar-refractivity contribution in [1.82, 2.24) is 15.3 Å². The summed E-state index contributed by atoms with van der Waals surface area (Å²) in [4.78, 5) is 23.7. The molecule has 2 N–H and O–H groups in total. The number of nitrogens with zero attached hydrogens (tertiary/aromatic N) is 3. The summed E-state index contributed by atoms with van der Waals surface area (Å²) in [5.41, 5.74) is 1.36. The number of ether oxygens (including phenoxy) is 1. The number of aromatic nitrogens is 2. The van der Waals surface area contributed by atoms with Gasteiger partial charge in [-0.05, 0) is 61.4 Å². The summed E-state index contributed by atoms with van der Waals surface area (Å²) in [5, 5.41) is 7.41. The van der Waals surface area contributed by atoms with Crippen LogP contribution in [0.15, 0.2) is 48.5 Å². The standard InChI is InChI=1S/C26H30F3N5O2/c1-34(2)24-21-8-3-4-9-22(21)32-25(33-24)31-19-12-10-17(11-13-19)16-30-23(35)15-18-6-5-7-20(14-18)36-26(27,28)29/h3-9,14,17,19H,10-13,15-16H2,1-2H3,(H,30,35)(H,31,32,33). The molecule has 7 nitrogen and oxygen atoms in total. The van der Waals surface area contributed by atoms with Crippen LogP contribution >= 0.6 is 0 Å². The van der Waals surface area contributed by atoms with Crippen molar-refractivity contribution in [3.63, 3.8) is 0 Å². The quantitative estimate of drug-likeness (QED) is 0.456. The number of hydrogen-bond acceptors (Lipinski definition) is 6. The van der Waals surface area contributed by atoms with Gasteiger partial charge in [0, 0.05) is 32.1 Å². The molecular formula is C26H30F3N5O2. The zero-order chi connectivity index (χ0) is 25.7. The van der Waals surface area contributed by atoms with Gasteiger partial charge in [0.25, 0.3) is 0 Å². The summed E-state index contributed by atoms with van der Waals surface area (Å²) >= 11 is 0. The maximum absolute atomic E-state index is 12.4. The number of carbonyl (C=O) groups excluding carboxylic acids is 1. The van der Waals surface area contributed by atoms with Crippen molar-refractivity contribution < 1.29 is 22.7 Å². The van der Waals surface area contributed by atoms with E-state index >= 15 is 0 Å². The van der Waals surface area contributed by atoms with E-state index in [1.807, 2.05) is 43.3 Å². The smallest absolute Gasteiger partial charge is 0.406 e. The third-order valence-corrected chi connectivity index (χ3v) is 6.27. The minimum atomic E-state index is -4.76. The van der Waals surface area contributed by atoms with Crippen LogP contribution in [0.3, 0.4) is 0 Å². The van der Waals surface area contributed by atoms with E-state index < -0.39 is 6.36 Å². The lowest BCUT2D eigenvalue weighted by Gasteiger charge is -2.29. The van der Waals surface area contributed by atoms with Crippen LogP contribution in [0.4, 0.5) is 24.9 Å². The summed E-state index contributed by atoms with van der Waals surface area (Å²) in [7, 11) is 3.93. The normalized spacial score (nSPS) is 18.0. The second-order valence-corrected chi connectivity index (χ2v) is 9.32. The SMILES string of the molecule is CN(C)c1nc(NC2CCC(CNC(=O)Cc3cccc(OC(F)(F)F)c3)CC2)nc2ccccc12. The zero-order valence-electron chi connectivity index (χ0n) is 20.3. The number of anilines is 2. The highest BCUT2D eigenvalue weighted by molar-refractivity contribution is 5.90. The van der Waals surface area contributed by atoms with Crippen molar-refractivity contribution in [3.8, 4) is 5.75 Å². The Hall–Kier alpha value is -3.56. The van der Waals surface area contributed by atoms with Gasteiger partial charge in [0.1, 0.15) is 11.6 Å². The molecule has 1 aromatic heterocycles. The minimum absolute atomic E-state index is 0.000527. The highest BCUT2D eigenvalue weighted by Gasteiger charge is 2.31. The molecule has 1 amide bonds. The first-order valence-electron chi connectivity index (χ1n) is 12.0. The fourth-order valence-corrected chi connectivity index (χ4v) is 4.52. The van der Waals surface area contributed by atoms with Crippen LogP contribution in [0.2, 0.25) is 0 Å². The third-order valence-electron chi connectivity index (χ3n) is 6.27. The second kappa shape index (κ2) is 11.0. The summed E-state index contributed by atoms with van der Waals surface area (Å²) in [6.45, 7) is 0.543. The van der Waals surface area contributed by atoms with Gasteiger partial charge in [-0.2, -0.15) is 4.98 Å². The van der Waals surface area contributed by atoms with Gasteiger partial charge in [0.15, 0.2) is 0 Å². The molecule has 1 saturated carbocycles. The highest BCUT2D eigenvalue weighted by atomic mass is 19.4. The van der Waals surface area contributed by atoms with Gasteiger partial charge < -0.3 is 20.3 Å². The van der Waals surface area contributed by atoms with Gasteiger partial charge in [-0.25, -0.2) is 4.98 Å². The Labute approximate surface area is 208 Å². The molecule has 1 heterocycles. The van der Waals surface area contributed by atoms with Crippen molar-refractivity contribution in [2.24, 2.45) is 5.92 Å². The number of carbonyl (C=O) groups is 1. The number of amides is 1. The molecule has 0 saturated heterocycles. The average Bonchev–Trinajstić information content (AvgIpc) is 2.82. The molecule has 0 radical (unpaired) electrons. The average molecular weight is 502 g/mol. The van der Waals surface area contributed by atoms with E-state index in [-0.39, 0.29) is 24.1 Å². The maximum atomic E-state index is 12.4. The monoisotopic (exact) mass is 501 g/mol. The van der Waals surface area contributed by atoms with Crippen LogP contribution in [0, 0.1) is 5.92 Å². The first-order valence-corrected chi connectivity index (χ1v) is 12.0. The van der Waals surface area contributed by atoms with E-state index in [0.717, 1.165) is 42.4 Å². The van der Waals surface area contributed by atoms with Gasteiger partial charge in [0.05, 0.1) is 11.9 Å². The molecule has 4 rings (SSSR count). The molecule has 1 aliphatic rings. The summed E-state index contributed by atoms with van der Waals surface area (Å²) in [6, 6.07) is 13.7. The lowest BCUT2D eigenvalue weighted by Crippen LogP contribution is -2.34. The van der Waals surface area contributed by atoms with Crippen molar-refractivity contribution in [1.29, 1.82) is 0 Å². The van der Waals surface area contributed by atoms with E-state index in [4.69, 9.17) is 4.98 Å². The summed E-state index contributed by atoms with van der Waals surface area (Å²) in [6.07, 6.45) is -0.999. The Bertz CT molecular complexity index is 1190. The van der Waals surface area contributed by atoms with Crippen molar-refractivity contribution >= 4 is 28.6 Å². The molecule has 10 heteroatoms. The van der Waals surface area contributed by atoms with Crippen molar-refractivity contribution in [2.45, 2.75) is 44.5 Å². The van der Waals surface area contributed by atoms with Crippen LogP contribution < -0.4 is 20.3 Å². The van der Waals surface area contributed by atoms with Gasteiger partial charge in [-0.1, -0.05) is 24.3 Å². The Morgan fingerprint density at radius 1 is 1.06 bits per heavy atom. The molecule has 0 unspecified atom stereocenters. The van der Waals surface area contributed by atoms with Crippen LogP contribution in [0.1, 0.15) is 31.2 Å². The van der Waals surface area contributed by atoms with E-state index in [9.17, 15) is 18.0 Å². The Morgan fingerprint density at radius 3 is 2.53 bits per heavy atom. The largest absolute Gasteiger partial charge is 0.573 e. The number of alkyl halides is 3. The topological polar surface area (TPSA) is 79.4 Å². The predicted molar refractivity (Wildman–Crippen MR) is 133 cm³/mol. The molecule has 0 aliphatic heterocycles. The number of halogens is 3. The zero-order valence-corrected chi connectivity index (χ0v) is 20.3. The van der Waals surface area contributed by atoms with Gasteiger partial charge >= 0.3 is 6.36 Å². The summed E-state index contributed by atoms with van der Waals surface area (Å²) < 4.78 is 41.1. The minimum Gasteiger partial charge on any atom is -0.406 e. The lowest BCUT2D eigenvalue weighted by molar-refractivity contribution is -0.274. The highest BCUT2D eigenvalue weighted by Crippen LogP contribution is 2.28. The Balaban J connectivity index is 1.25. The van der Waals surface area contributed by atoms with E-state index in [1.165, 1.54) is 18.2 Å². The van der Waals surface area contributed by atoms with E-state index in [2.05, 4.69) is 20.4 Å². The molecule has 36 heavy (non-hydrogen) atoms. The summed E-state index contributed by atoms with van der Waals surface area (Å²) in [5.74, 6) is 1.29. The van der Waals surface area contributed by atoms with Gasteiger partial charge in [0.2, 0.25) is 11.9 Å². The molecule has 2 aromatic carbocycles. The molecular weight excluding hydrogens is 471 g/mol. The van der Waals surface area contributed by atoms with Gasteiger partial charge in [-0.3, -0.25) is 4.79 Å². The Morgan fingerprint density at radius 2 is 1.81 bits per heavy atom.